The predicted molar refractivity (Wildman–Crippen MR) is 64.3 cm³/mol. The summed E-state index contributed by atoms with van der Waals surface area (Å²) in [5.41, 5.74) is 6.31. The lowest BCUT2D eigenvalue weighted by Gasteiger charge is -2.15. The SMILES string of the molecule is CN(CCC(N)=O)Cc1ccc(Br)cc1. The molecule has 0 unspecified atom stereocenters. The van der Waals surface area contributed by atoms with Gasteiger partial charge in [-0.15, -0.1) is 0 Å². The zero-order valence-corrected chi connectivity index (χ0v) is 10.3. The highest BCUT2D eigenvalue weighted by molar-refractivity contribution is 9.10. The van der Waals surface area contributed by atoms with Gasteiger partial charge in [-0.1, -0.05) is 28.1 Å². The normalized spacial score (nSPS) is 10.6. The van der Waals surface area contributed by atoms with Crippen LogP contribution < -0.4 is 5.73 Å². The number of nitrogens with zero attached hydrogens (tertiary/aromatic N) is 1. The monoisotopic (exact) mass is 270 g/mol. The van der Waals surface area contributed by atoms with Crippen LogP contribution in [0.4, 0.5) is 0 Å². The van der Waals surface area contributed by atoms with Crippen LogP contribution in [0.15, 0.2) is 28.7 Å². The fourth-order valence-electron chi connectivity index (χ4n) is 1.28. The Labute approximate surface area is 98.4 Å². The maximum atomic E-state index is 10.6. The van der Waals surface area contributed by atoms with Crippen molar-refractivity contribution in [3.05, 3.63) is 34.3 Å². The second-order valence-corrected chi connectivity index (χ2v) is 4.50. The highest BCUT2D eigenvalue weighted by Gasteiger charge is 2.02. The number of carbonyl (C=O) groups is 1. The summed E-state index contributed by atoms with van der Waals surface area (Å²) in [6.45, 7) is 1.53. The number of rotatable bonds is 5. The zero-order valence-electron chi connectivity index (χ0n) is 8.74. The summed E-state index contributed by atoms with van der Waals surface area (Å²) < 4.78 is 1.08. The average molecular weight is 271 g/mol. The minimum atomic E-state index is -0.252. The van der Waals surface area contributed by atoms with E-state index in [-0.39, 0.29) is 5.91 Å². The molecule has 1 aromatic carbocycles. The van der Waals surface area contributed by atoms with Crippen molar-refractivity contribution in [3.63, 3.8) is 0 Å². The molecule has 1 amide bonds. The lowest BCUT2D eigenvalue weighted by atomic mass is 10.2. The molecule has 4 heteroatoms. The first kappa shape index (κ1) is 12.2. The number of hydrogen-bond donors (Lipinski definition) is 1. The van der Waals surface area contributed by atoms with Gasteiger partial charge in [0, 0.05) is 24.0 Å². The second-order valence-electron chi connectivity index (χ2n) is 3.58. The molecular formula is C11H15BrN2O. The fraction of sp³-hybridized carbons (Fsp3) is 0.364. The van der Waals surface area contributed by atoms with Crippen molar-refractivity contribution in [1.82, 2.24) is 4.90 Å². The minimum absolute atomic E-state index is 0.252. The molecule has 0 spiro atoms. The van der Waals surface area contributed by atoms with E-state index in [0.29, 0.717) is 13.0 Å². The first-order valence-electron chi connectivity index (χ1n) is 4.79. The van der Waals surface area contributed by atoms with Crippen LogP contribution in [0.25, 0.3) is 0 Å². The van der Waals surface area contributed by atoms with Crippen molar-refractivity contribution in [2.24, 2.45) is 5.73 Å². The Bertz CT molecular complexity index is 324. The van der Waals surface area contributed by atoms with Crippen molar-refractivity contribution < 1.29 is 4.79 Å². The third-order valence-electron chi connectivity index (χ3n) is 2.11. The van der Waals surface area contributed by atoms with Gasteiger partial charge in [0.2, 0.25) is 5.91 Å². The zero-order chi connectivity index (χ0) is 11.3. The molecule has 1 rings (SSSR count). The molecule has 0 saturated carbocycles. The van der Waals surface area contributed by atoms with E-state index in [1.54, 1.807) is 0 Å². The van der Waals surface area contributed by atoms with Crippen LogP contribution in [0.1, 0.15) is 12.0 Å². The molecule has 0 aromatic heterocycles. The van der Waals surface area contributed by atoms with Crippen LogP contribution in [-0.2, 0) is 11.3 Å². The number of primary amides is 1. The molecule has 0 radical (unpaired) electrons. The number of hydrogen-bond acceptors (Lipinski definition) is 2. The van der Waals surface area contributed by atoms with Gasteiger partial charge in [0.05, 0.1) is 0 Å². The van der Waals surface area contributed by atoms with E-state index < -0.39 is 0 Å². The highest BCUT2D eigenvalue weighted by atomic mass is 79.9. The molecule has 0 bridgehead atoms. The van der Waals surface area contributed by atoms with E-state index in [1.807, 2.05) is 19.2 Å². The van der Waals surface area contributed by atoms with Gasteiger partial charge in [-0.05, 0) is 24.7 Å². The van der Waals surface area contributed by atoms with E-state index in [1.165, 1.54) is 5.56 Å². The van der Waals surface area contributed by atoms with Crippen molar-refractivity contribution in [1.29, 1.82) is 0 Å². The number of carbonyl (C=O) groups excluding carboxylic acids is 1. The molecule has 82 valence electrons. The molecule has 0 heterocycles. The second kappa shape index (κ2) is 5.88. The molecule has 0 aliphatic carbocycles. The average Bonchev–Trinajstić information content (AvgIpc) is 2.19. The van der Waals surface area contributed by atoms with Crippen LogP contribution in [0.2, 0.25) is 0 Å². The van der Waals surface area contributed by atoms with Gasteiger partial charge in [-0.25, -0.2) is 0 Å². The van der Waals surface area contributed by atoms with Crippen LogP contribution in [0.5, 0.6) is 0 Å². The van der Waals surface area contributed by atoms with Crippen LogP contribution >= 0.6 is 15.9 Å². The molecule has 3 nitrogen and oxygen atoms in total. The van der Waals surface area contributed by atoms with Crippen LogP contribution in [0.3, 0.4) is 0 Å². The molecule has 0 aliphatic rings. The highest BCUT2D eigenvalue weighted by Crippen LogP contribution is 2.11. The Morgan fingerprint density at radius 1 is 1.40 bits per heavy atom. The summed E-state index contributed by atoms with van der Waals surface area (Å²) in [5, 5.41) is 0. The lowest BCUT2D eigenvalue weighted by Crippen LogP contribution is -2.24. The van der Waals surface area contributed by atoms with Gasteiger partial charge in [0.25, 0.3) is 0 Å². The van der Waals surface area contributed by atoms with Gasteiger partial charge < -0.3 is 10.6 Å². The molecule has 1 aromatic rings. The van der Waals surface area contributed by atoms with E-state index in [0.717, 1.165) is 11.0 Å². The van der Waals surface area contributed by atoms with Crippen molar-refractivity contribution in [2.75, 3.05) is 13.6 Å². The Balaban J connectivity index is 2.40. The van der Waals surface area contributed by atoms with Crippen molar-refractivity contribution in [2.45, 2.75) is 13.0 Å². The van der Waals surface area contributed by atoms with Crippen molar-refractivity contribution in [3.8, 4) is 0 Å². The lowest BCUT2D eigenvalue weighted by molar-refractivity contribution is -0.118. The predicted octanol–water partition coefficient (Wildman–Crippen LogP) is 1.76. The van der Waals surface area contributed by atoms with Gasteiger partial charge >= 0.3 is 0 Å². The Hall–Kier alpha value is -0.870. The topological polar surface area (TPSA) is 46.3 Å². The molecule has 0 saturated heterocycles. The first-order chi connectivity index (χ1) is 7.08. The van der Waals surface area contributed by atoms with Gasteiger partial charge in [0.1, 0.15) is 0 Å². The fourth-order valence-corrected chi connectivity index (χ4v) is 1.55. The summed E-state index contributed by atoms with van der Waals surface area (Å²) in [5.74, 6) is -0.252. The van der Waals surface area contributed by atoms with E-state index in [4.69, 9.17) is 5.73 Å². The first-order valence-corrected chi connectivity index (χ1v) is 5.58. The van der Waals surface area contributed by atoms with E-state index >= 15 is 0 Å². The Morgan fingerprint density at radius 2 is 2.00 bits per heavy atom. The number of amides is 1. The summed E-state index contributed by atoms with van der Waals surface area (Å²) in [6, 6.07) is 8.14. The standard InChI is InChI=1S/C11H15BrN2O/c1-14(7-6-11(13)15)8-9-2-4-10(12)5-3-9/h2-5H,6-8H2,1H3,(H2,13,15). The van der Waals surface area contributed by atoms with E-state index in [2.05, 4.69) is 33.0 Å². The van der Waals surface area contributed by atoms with Gasteiger partial charge in [-0.3, -0.25) is 4.79 Å². The van der Waals surface area contributed by atoms with Gasteiger partial charge in [-0.2, -0.15) is 0 Å². The van der Waals surface area contributed by atoms with Gasteiger partial charge in [0.15, 0.2) is 0 Å². The maximum Gasteiger partial charge on any atom is 0.218 e. The number of halogens is 1. The minimum Gasteiger partial charge on any atom is -0.370 e. The van der Waals surface area contributed by atoms with Crippen LogP contribution in [0, 0.1) is 0 Å². The molecule has 0 atom stereocenters. The molecule has 0 aliphatic heterocycles. The van der Waals surface area contributed by atoms with Crippen LogP contribution in [-0.4, -0.2) is 24.4 Å². The smallest absolute Gasteiger partial charge is 0.218 e. The van der Waals surface area contributed by atoms with Crippen molar-refractivity contribution >= 4 is 21.8 Å². The molecular weight excluding hydrogens is 256 g/mol. The molecule has 15 heavy (non-hydrogen) atoms. The third kappa shape index (κ3) is 4.95. The number of nitrogens with two attached hydrogens (primary N) is 1. The Kier molecular flexibility index (Phi) is 4.78. The summed E-state index contributed by atoms with van der Waals surface area (Å²) in [6.07, 6.45) is 0.410. The number of benzene rings is 1. The largest absolute Gasteiger partial charge is 0.370 e. The quantitative estimate of drug-likeness (QED) is 0.887. The molecule has 2 N–H and O–H groups in total. The summed E-state index contributed by atoms with van der Waals surface area (Å²) >= 11 is 3.39. The maximum absolute atomic E-state index is 10.6. The summed E-state index contributed by atoms with van der Waals surface area (Å²) in [4.78, 5) is 12.7. The third-order valence-corrected chi connectivity index (χ3v) is 2.63. The van der Waals surface area contributed by atoms with E-state index in [9.17, 15) is 4.79 Å². The Morgan fingerprint density at radius 3 is 2.53 bits per heavy atom. The summed E-state index contributed by atoms with van der Waals surface area (Å²) in [7, 11) is 1.98. The molecule has 0 fully saturated rings.